The van der Waals surface area contributed by atoms with E-state index >= 15 is 0 Å². The van der Waals surface area contributed by atoms with Crippen LogP contribution in [-0.2, 0) is 0 Å². The smallest absolute Gasteiger partial charge is 0.0437 e. The SMILES string of the molecule is C=c1c(\C=C/C(C)=C(/C=C\C)N(C)C)ccc(N(C)C)/c1=C/C. The molecule has 0 amide bonds. The van der Waals surface area contributed by atoms with Crippen LogP contribution in [0.2, 0.25) is 0 Å². The molecule has 23 heavy (non-hydrogen) atoms. The van der Waals surface area contributed by atoms with E-state index in [9.17, 15) is 0 Å². The number of rotatable bonds is 5. The van der Waals surface area contributed by atoms with E-state index in [4.69, 9.17) is 0 Å². The number of nitrogens with zero attached hydrogens (tertiary/aromatic N) is 2. The van der Waals surface area contributed by atoms with Gasteiger partial charge in [-0.3, -0.25) is 0 Å². The molecule has 0 spiro atoms. The quantitative estimate of drug-likeness (QED) is 0.769. The van der Waals surface area contributed by atoms with Crippen molar-refractivity contribution in [2.24, 2.45) is 0 Å². The molecule has 1 aromatic carbocycles. The molecule has 0 aliphatic heterocycles. The van der Waals surface area contributed by atoms with E-state index in [1.807, 2.05) is 6.92 Å². The Labute approximate surface area is 141 Å². The normalized spacial score (nSPS) is 13.8. The van der Waals surface area contributed by atoms with E-state index in [1.165, 1.54) is 22.2 Å². The van der Waals surface area contributed by atoms with Gasteiger partial charge in [-0.1, -0.05) is 36.9 Å². The molecule has 0 saturated heterocycles. The summed E-state index contributed by atoms with van der Waals surface area (Å²) in [4.78, 5) is 4.25. The second-order valence-corrected chi connectivity index (χ2v) is 6.05. The largest absolute Gasteiger partial charge is 0.377 e. The first-order valence-electron chi connectivity index (χ1n) is 7.98. The van der Waals surface area contributed by atoms with Crippen LogP contribution >= 0.6 is 0 Å². The van der Waals surface area contributed by atoms with Gasteiger partial charge in [0, 0.05) is 44.8 Å². The fourth-order valence-corrected chi connectivity index (χ4v) is 2.63. The Kier molecular flexibility index (Phi) is 6.89. The average molecular weight is 310 g/mol. The molecule has 1 rings (SSSR count). The minimum atomic E-state index is 1.07. The van der Waals surface area contributed by atoms with Gasteiger partial charge in [0.1, 0.15) is 0 Å². The third-order valence-electron chi connectivity index (χ3n) is 3.86. The number of benzene rings is 1. The Balaban J connectivity index is 3.36. The van der Waals surface area contributed by atoms with Crippen LogP contribution in [0.1, 0.15) is 26.3 Å². The first-order chi connectivity index (χ1) is 10.8. The monoisotopic (exact) mass is 310 g/mol. The second-order valence-electron chi connectivity index (χ2n) is 6.05. The number of allylic oxidation sites excluding steroid dienone is 4. The van der Waals surface area contributed by atoms with Crippen molar-refractivity contribution >= 4 is 24.4 Å². The molecule has 0 aliphatic carbocycles. The van der Waals surface area contributed by atoms with Crippen molar-refractivity contribution in [1.82, 2.24) is 4.90 Å². The highest BCUT2D eigenvalue weighted by molar-refractivity contribution is 5.61. The topological polar surface area (TPSA) is 6.48 Å². The van der Waals surface area contributed by atoms with Crippen LogP contribution in [0.25, 0.3) is 18.7 Å². The minimum Gasteiger partial charge on any atom is -0.377 e. The zero-order valence-electron chi connectivity index (χ0n) is 15.6. The molecule has 0 fully saturated rings. The van der Waals surface area contributed by atoms with Crippen LogP contribution < -0.4 is 15.3 Å². The Hall–Kier alpha value is -2.22. The maximum Gasteiger partial charge on any atom is 0.0437 e. The molecule has 0 aliphatic rings. The zero-order valence-corrected chi connectivity index (χ0v) is 15.6. The van der Waals surface area contributed by atoms with Gasteiger partial charge in [-0.15, -0.1) is 0 Å². The predicted molar refractivity (Wildman–Crippen MR) is 106 cm³/mol. The van der Waals surface area contributed by atoms with Crippen LogP contribution in [0.5, 0.6) is 0 Å². The van der Waals surface area contributed by atoms with Crippen molar-refractivity contribution in [1.29, 1.82) is 0 Å². The van der Waals surface area contributed by atoms with Crippen molar-refractivity contribution in [2.75, 3.05) is 33.1 Å². The van der Waals surface area contributed by atoms with E-state index in [-0.39, 0.29) is 0 Å². The maximum absolute atomic E-state index is 4.28. The highest BCUT2D eigenvalue weighted by Gasteiger charge is 2.02. The summed E-state index contributed by atoms with van der Waals surface area (Å²) in [6.45, 7) is 10.5. The molecule has 0 bridgehead atoms. The van der Waals surface area contributed by atoms with Crippen LogP contribution in [0.3, 0.4) is 0 Å². The fraction of sp³-hybridized carbons (Fsp3) is 0.333. The number of likely N-dealkylation sites (N-methyl/N-ethyl adjacent to an activating group) is 1. The van der Waals surface area contributed by atoms with E-state index < -0.39 is 0 Å². The Morgan fingerprint density at radius 2 is 1.70 bits per heavy atom. The summed E-state index contributed by atoms with van der Waals surface area (Å²) in [6.07, 6.45) is 10.6. The van der Waals surface area contributed by atoms with Crippen LogP contribution in [-0.4, -0.2) is 33.1 Å². The zero-order chi connectivity index (χ0) is 17.6. The van der Waals surface area contributed by atoms with E-state index in [0.717, 1.165) is 10.8 Å². The lowest BCUT2D eigenvalue weighted by Gasteiger charge is -2.16. The third-order valence-corrected chi connectivity index (χ3v) is 3.86. The van der Waals surface area contributed by atoms with Gasteiger partial charge in [0.05, 0.1) is 0 Å². The van der Waals surface area contributed by atoms with Gasteiger partial charge in [-0.2, -0.15) is 0 Å². The number of hydrogen-bond donors (Lipinski definition) is 0. The Bertz CT molecular complexity index is 732. The summed E-state index contributed by atoms with van der Waals surface area (Å²) in [7, 11) is 8.25. The lowest BCUT2D eigenvalue weighted by atomic mass is 10.1. The highest BCUT2D eigenvalue weighted by atomic mass is 15.1. The maximum atomic E-state index is 4.28. The Morgan fingerprint density at radius 3 is 2.17 bits per heavy atom. The van der Waals surface area contributed by atoms with E-state index in [1.54, 1.807) is 0 Å². The molecule has 124 valence electrons. The molecule has 2 nitrogen and oxygen atoms in total. The molecule has 0 N–H and O–H groups in total. The summed E-state index contributed by atoms with van der Waals surface area (Å²) >= 11 is 0. The lowest BCUT2D eigenvalue weighted by molar-refractivity contribution is 0.525. The molecular weight excluding hydrogens is 280 g/mol. The first kappa shape index (κ1) is 18.8. The van der Waals surface area contributed by atoms with Crippen molar-refractivity contribution in [3.63, 3.8) is 0 Å². The van der Waals surface area contributed by atoms with Crippen molar-refractivity contribution in [2.45, 2.75) is 20.8 Å². The molecule has 0 atom stereocenters. The van der Waals surface area contributed by atoms with Gasteiger partial charge in [0.2, 0.25) is 0 Å². The van der Waals surface area contributed by atoms with Gasteiger partial charge >= 0.3 is 0 Å². The molecular formula is C21H30N2. The second kappa shape index (κ2) is 8.42. The molecule has 0 radical (unpaired) electrons. The predicted octanol–water partition coefficient (Wildman–Crippen LogP) is 3.39. The molecule has 0 unspecified atom stereocenters. The van der Waals surface area contributed by atoms with Crippen molar-refractivity contribution in [3.05, 3.63) is 57.6 Å². The Morgan fingerprint density at radius 1 is 1.04 bits per heavy atom. The molecule has 0 saturated carbocycles. The van der Waals surface area contributed by atoms with Gasteiger partial charge in [-0.25, -0.2) is 0 Å². The highest BCUT2D eigenvalue weighted by Crippen LogP contribution is 2.12. The van der Waals surface area contributed by atoms with Crippen LogP contribution in [0, 0.1) is 0 Å². The van der Waals surface area contributed by atoms with E-state index in [2.05, 4.69) is 101 Å². The third kappa shape index (κ3) is 4.62. The van der Waals surface area contributed by atoms with Crippen LogP contribution in [0.4, 0.5) is 5.69 Å². The minimum absolute atomic E-state index is 1.07. The molecule has 0 aromatic heterocycles. The standard InChI is InChI=1S/C21H30N2/c1-9-11-20(22(5)6)16(3)12-13-18-14-15-21(23(7)8)19(10-2)17(18)4/h9-15H,4H2,1-3,5-8H3/b11-9-,13-12-,19-10+,20-16-. The van der Waals surface area contributed by atoms with Gasteiger partial charge in [0.25, 0.3) is 0 Å². The summed E-state index contributed by atoms with van der Waals surface area (Å²) in [6, 6.07) is 4.29. The average Bonchev–Trinajstić information content (AvgIpc) is 2.50. The molecule has 1 aromatic rings. The van der Waals surface area contributed by atoms with Gasteiger partial charge < -0.3 is 9.80 Å². The van der Waals surface area contributed by atoms with E-state index in [0.29, 0.717) is 0 Å². The number of hydrogen-bond acceptors (Lipinski definition) is 2. The lowest BCUT2D eigenvalue weighted by Crippen LogP contribution is -2.31. The number of anilines is 1. The van der Waals surface area contributed by atoms with Crippen molar-refractivity contribution < 1.29 is 0 Å². The summed E-state index contributed by atoms with van der Waals surface area (Å²) in [5.74, 6) is 0. The summed E-state index contributed by atoms with van der Waals surface area (Å²) in [5, 5.41) is 2.26. The molecule has 0 heterocycles. The first-order valence-corrected chi connectivity index (χ1v) is 7.98. The fourth-order valence-electron chi connectivity index (χ4n) is 2.63. The van der Waals surface area contributed by atoms with Crippen LogP contribution in [0.15, 0.2) is 41.6 Å². The summed E-state index contributed by atoms with van der Waals surface area (Å²) in [5.41, 5.74) is 4.79. The van der Waals surface area contributed by atoms with Crippen molar-refractivity contribution in [3.8, 4) is 0 Å². The summed E-state index contributed by atoms with van der Waals surface area (Å²) < 4.78 is 0. The molecule has 2 heteroatoms. The van der Waals surface area contributed by atoms with Gasteiger partial charge in [0.15, 0.2) is 0 Å². The van der Waals surface area contributed by atoms with Gasteiger partial charge in [-0.05, 0) is 49.3 Å².